The highest BCUT2D eigenvalue weighted by atomic mass is 32.2. The lowest BCUT2D eigenvalue weighted by Crippen LogP contribution is -2.12. The number of pyridine rings is 1. The zero-order chi connectivity index (χ0) is 17.5. The van der Waals surface area contributed by atoms with Gasteiger partial charge in [0.25, 0.3) is 5.91 Å². The fourth-order valence-corrected chi connectivity index (χ4v) is 2.90. The normalized spacial score (nSPS) is 10.4. The minimum absolute atomic E-state index is 0.125. The van der Waals surface area contributed by atoms with Gasteiger partial charge in [-0.25, -0.2) is 0 Å². The van der Waals surface area contributed by atoms with Crippen LogP contribution in [0.3, 0.4) is 0 Å². The third-order valence-electron chi connectivity index (χ3n) is 3.64. The Balaban J connectivity index is 1.51. The Kier molecular flexibility index (Phi) is 5.82. The summed E-state index contributed by atoms with van der Waals surface area (Å²) in [7, 11) is 0. The number of carbonyl (C=O) groups is 1. The van der Waals surface area contributed by atoms with E-state index in [0.29, 0.717) is 5.56 Å². The van der Waals surface area contributed by atoms with E-state index in [1.165, 1.54) is 10.5 Å². The first-order chi connectivity index (χ1) is 12.2. The molecule has 4 nitrogen and oxygen atoms in total. The third kappa shape index (κ3) is 5.17. The van der Waals surface area contributed by atoms with Gasteiger partial charge in [-0.3, -0.25) is 14.5 Å². The Morgan fingerprint density at radius 3 is 2.32 bits per heavy atom. The summed E-state index contributed by atoms with van der Waals surface area (Å²) < 4.78 is 3.34. The molecule has 25 heavy (non-hydrogen) atoms. The molecule has 2 aromatic carbocycles. The lowest BCUT2D eigenvalue weighted by molar-refractivity contribution is 0.102. The summed E-state index contributed by atoms with van der Waals surface area (Å²) in [5.74, 6) is -0.125. The monoisotopic (exact) mass is 349 g/mol. The molecule has 1 aromatic heterocycles. The minimum atomic E-state index is -0.125. The van der Waals surface area contributed by atoms with Crippen LogP contribution in [0, 0.1) is 6.92 Å². The Morgan fingerprint density at radius 1 is 0.960 bits per heavy atom. The van der Waals surface area contributed by atoms with Gasteiger partial charge in [-0.05, 0) is 60.8 Å². The van der Waals surface area contributed by atoms with E-state index in [1.807, 2.05) is 24.3 Å². The van der Waals surface area contributed by atoms with E-state index in [2.05, 4.69) is 46.2 Å². The summed E-state index contributed by atoms with van der Waals surface area (Å²) in [6.45, 7) is 2.80. The number of carbonyl (C=O) groups excluding carboxylic acids is 1. The van der Waals surface area contributed by atoms with Gasteiger partial charge < -0.3 is 5.32 Å². The topological polar surface area (TPSA) is 54.0 Å². The van der Waals surface area contributed by atoms with Crippen molar-refractivity contribution < 1.29 is 4.79 Å². The van der Waals surface area contributed by atoms with E-state index in [1.54, 1.807) is 36.5 Å². The van der Waals surface area contributed by atoms with Crippen LogP contribution in [0.2, 0.25) is 0 Å². The van der Waals surface area contributed by atoms with Crippen molar-refractivity contribution in [2.75, 3.05) is 5.32 Å². The number of anilines is 1. The van der Waals surface area contributed by atoms with Crippen LogP contribution in [-0.2, 0) is 6.54 Å². The highest BCUT2D eigenvalue weighted by Crippen LogP contribution is 2.16. The smallest absolute Gasteiger partial charge is 0.255 e. The van der Waals surface area contributed by atoms with Gasteiger partial charge in [0, 0.05) is 35.1 Å². The number of aromatic nitrogens is 1. The number of nitrogens with zero attached hydrogens (tertiary/aromatic N) is 1. The van der Waals surface area contributed by atoms with Crippen LogP contribution < -0.4 is 10.0 Å². The zero-order valence-electron chi connectivity index (χ0n) is 13.9. The van der Waals surface area contributed by atoms with Crippen LogP contribution in [-0.4, -0.2) is 10.9 Å². The minimum Gasteiger partial charge on any atom is -0.322 e. The molecule has 0 unspecified atom stereocenters. The highest BCUT2D eigenvalue weighted by Gasteiger charge is 2.05. The third-order valence-corrected chi connectivity index (χ3v) is 4.44. The van der Waals surface area contributed by atoms with Crippen LogP contribution in [0.25, 0.3) is 0 Å². The van der Waals surface area contributed by atoms with Crippen molar-refractivity contribution in [2.24, 2.45) is 0 Å². The van der Waals surface area contributed by atoms with E-state index in [4.69, 9.17) is 0 Å². The first-order valence-corrected chi connectivity index (χ1v) is 8.79. The molecule has 0 saturated carbocycles. The first kappa shape index (κ1) is 17.2. The molecule has 3 rings (SSSR count). The zero-order valence-corrected chi connectivity index (χ0v) is 14.7. The summed E-state index contributed by atoms with van der Waals surface area (Å²) in [4.78, 5) is 17.3. The van der Waals surface area contributed by atoms with Crippen molar-refractivity contribution in [3.8, 4) is 0 Å². The van der Waals surface area contributed by atoms with Crippen LogP contribution in [0.1, 0.15) is 21.5 Å². The average molecular weight is 349 g/mol. The second-order valence-corrected chi connectivity index (χ2v) is 6.59. The van der Waals surface area contributed by atoms with Gasteiger partial charge in [0.15, 0.2) is 0 Å². The van der Waals surface area contributed by atoms with Gasteiger partial charge in [-0.1, -0.05) is 29.8 Å². The van der Waals surface area contributed by atoms with Crippen molar-refractivity contribution >= 4 is 23.5 Å². The van der Waals surface area contributed by atoms with E-state index in [9.17, 15) is 4.79 Å². The molecular formula is C20H19N3OS. The van der Waals surface area contributed by atoms with Gasteiger partial charge in [0.05, 0.1) is 0 Å². The molecule has 0 saturated heterocycles. The molecule has 0 aliphatic carbocycles. The number of hydrogen-bond acceptors (Lipinski definition) is 4. The van der Waals surface area contributed by atoms with Crippen molar-refractivity contribution in [3.63, 3.8) is 0 Å². The predicted molar refractivity (Wildman–Crippen MR) is 103 cm³/mol. The molecule has 5 heteroatoms. The summed E-state index contributed by atoms with van der Waals surface area (Å²) in [6, 6.07) is 19.5. The maximum absolute atomic E-state index is 12.2. The quantitative estimate of drug-likeness (QED) is 0.646. The fourth-order valence-electron chi connectivity index (χ4n) is 2.22. The second-order valence-electron chi connectivity index (χ2n) is 5.62. The highest BCUT2D eigenvalue weighted by molar-refractivity contribution is 7.97. The molecule has 1 heterocycles. The van der Waals surface area contributed by atoms with Crippen LogP contribution in [0.5, 0.6) is 0 Å². The summed E-state index contributed by atoms with van der Waals surface area (Å²) in [6.07, 6.45) is 3.30. The van der Waals surface area contributed by atoms with Crippen LogP contribution in [0.4, 0.5) is 5.69 Å². The summed E-state index contributed by atoms with van der Waals surface area (Å²) in [5.41, 5.74) is 3.75. The Morgan fingerprint density at radius 2 is 1.64 bits per heavy atom. The van der Waals surface area contributed by atoms with E-state index in [-0.39, 0.29) is 5.91 Å². The SMILES string of the molecule is Cc1ccc(SNCc2ccc(C(=O)Nc3ccncc3)cc2)cc1. The van der Waals surface area contributed by atoms with Crippen molar-refractivity contribution in [1.29, 1.82) is 0 Å². The number of aryl methyl sites for hydroxylation is 1. The average Bonchev–Trinajstić information content (AvgIpc) is 2.65. The molecule has 0 aliphatic rings. The number of hydrogen-bond donors (Lipinski definition) is 2. The predicted octanol–water partition coefficient (Wildman–Crippen LogP) is 4.44. The van der Waals surface area contributed by atoms with Gasteiger partial charge in [-0.2, -0.15) is 0 Å². The molecule has 126 valence electrons. The van der Waals surface area contributed by atoms with E-state index >= 15 is 0 Å². The summed E-state index contributed by atoms with van der Waals surface area (Å²) in [5, 5.41) is 2.85. The Hall–Kier alpha value is -2.63. The molecule has 0 bridgehead atoms. The lowest BCUT2D eigenvalue weighted by atomic mass is 10.1. The lowest BCUT2D eigenvalue weighted by Gasteiger charge is -2.07. The largest absolute Gasteiger partial charge is 0.322 e. The van der Waals surface area contributed by atoms with E-state index in [0.717, 1.165) is 17.8 Å². The van der Waals surface area contributed by atoms with Gasteiger partial charge in [0.1, 0.15) is 0 Å². The Bertz CT molecular complexity index is 818. The Labute approximate surface area is 151 Å². The van der Waals surface area contributed by atoms with Crippen LogP contribution in [0.15, 0.2) is 78.0 Å². The molecule has 3 aromatic rings. The standard InChI is InChI=1S/C20H19N3OS/c1-15-2-8-19(9-3-15)25-22-14-16-4-6-17(7-5-16)20(24)23-18-10-12-21-13-11-18/h2-13,22H,14H2,1H3,(H,21,23,24). The second kappa shape index (κ2) is 8.46. The molecule has 0 spiro atoms. The summed E-state index contributed by atoms with van der Waals surface area (Å²) >= 11 is 1.60. The molecular weight excluding hydrogens is 330 g/mol. The van der Waals surface area contributed by atoms with Gasteiger partial charge in [-0.15, -0.1) is 0 Å². The van der Waals surface area contributed by atoms with Gasteiger partial charge in [0.2, 0.25) is 0 Å². The molecule has 0 fully saturated rings. The number of nitrogens with one attached hydrogen (secondary N) is 2. The van der Waals surface area contributed by atoms with E-state index < -0.39 is 0 Å². The molecule has 0 atom stereocenters. The molecule has 0 radical (unpaired) electrons. The maximum atomic E-state index is 12.2. The van der Waals surface area contributed by atoms with Crippen LogP contribution >= 0.6 is 11.9 Å². The maximum Gasteiger partial charge on any atom is 0.255 e. The number of amides is 1. The molecule has 0 aliphatic heterocycles. The fraction of sp³-hybridized carbons (Fsp3) is 0.100. The van der Waals surface area contributed by atoms with Crippen molar-refractivity contribution in [3.05, 3.63) is 89.7 Å². The number of rotatable bonds is 6. The van der Waals surface area contributed by atoms with Crippen molar-refractivity contribution in [2.45, 2.75) is 18.4 Å². The van der Waals surface area contributed by atoms with Gasteiger partial charge >= 0.3 is 0 Å². The molecule has 1 amide bonds. The number of benzene rings is 2. The van der Waals surface area contributed by atoms with Crippen molar-refractivity contribution in [1.82, 2.24) is 9.71 Å². The first-order valence-electron chi connectivity index (χ1n) is 7.97. The molecule has 2 N–H and O–H groups in total.